The van der Waals surface area contributed by atoms with Crippen LogP contribution in [0.5, 0.6) is 0 Å². The molecular weight excluding hydrogens is 292 g/mol. The third-order valence-electron chi connectivity index (χ3n) is 7.57. The van der Waals surface area contributed by atoms with Gasteiger partial charge in [0.2, 0.25) is 0 Å². The van der Waals surface area contributed by atoms with Crippen LogP contribution in [-0.4, -0.2) is 4.57 Å². The Kier molecular flexibility index (Phi) is 3.41. The van der Waals surface area contributed by atoms with E-state index < -0.39 is 0 Å². The fourth-order valence-electron chi connectivity index (χ4n) is 4.87. The first-order valence-corrected chi connectivity index (χ1v) is 9.04. The van der Waals surface area contributed by atoms with Crippen molar-refractivity contribution < 1.29 is 4.57 Å². The lowest BCUT2D eigenvalue weighted by Crippen LogP contribution is -2.47. The van der Waals surface area contributed by atoms with E-state index in [4.69, 9.17) is 0 Å². The van der Waals surface area contributed by atoms with E-state index >= 15 is 0 Å². The summed E-state index contributed by atoms with van der Waals surface area (Å²) >= 11 is 0. The maximum atomic E-state index is 2.43. The molecule has 1 aliphatic carbocycles. The van der Waals surface area contributed by atoms with E-state index in [9.17, 15) is 0 Å². The molecule has 0 N–H and O–H groups in total. The van der Waals surface area contributed by atoms with Crippen molar-refractivity contribution in [2.24, 2.45) is 14.1 Å². The average molecular weight is 326 g/mol. The Morgan fingerprint density at radius 3 is 1.79 bits per heavy atom. The number of nitrogens with zero attached hydrogens (tertiary/aromatic N) is 2. The quantitative estimate of drug-likeness (QED) is 0.625. The van der Waals surface area contributed by atoms with E-state index in [0.29, 0.717) is 0 Å². The normalized spacial score (nSPS) is 17.6. The SMILES string of the molecule is Cc1c(C)c(C)c2c(c1C)-c1c(n(C)c(C)[n+]1C)C(C)(C)C2(C)C. The Bertz CT molecular complexity index is 877. The van der Waals surface area contributed by atoms with Gasteiger partial charge in [0.05, 0.1) is 14.1 Å². The number of imidazole rings is 1. The van der Waals surface area contributed by atoms with Crippen LogP contribution in [0.15, 0.2) is 0 Å². The van der Waals surface area contributed by atoms with Gasteiger partial charge in [0, 0.05) is 23.3 Å². The minimum atomic E-state index is 0.0645. The Morgan fingerprint density at radius 1 is 0.750 bits per heavy atom. The summed E-state index contributed by atoms with van der Waals surface area (Å²) in [4.78, 5) is 0. The van der Waals surface area contributed by atoms with Gasteiger partial charge >= 0.3 is 0 Å². The molecule has 2 nitrogen and oxygen atoms in total. The standard InChI is InChI=1S/C22H33N2/c1-12-13(2)15(4)18-17(14(12)3)19-20(22(8,9)21(18,6)7)24(11)16(5)23(19)10/h1-11H3/q+1. The molecule has 1 heterocycles. The van der Waals surface area contributed by atoms with Crippen LogP contribution < -0.4 is 4.57 Å². The van der Waals surface area contributed by atoms with E-state index in [0.717, 1.165) is 0 Å². The van der Waals surface area contributed by atoms with Gasteiger partial charge < -0.3 is 0 Å². The van der Waals surface area contributed by atoms with Gasteiger partial charge in [-0.25, -0.2) is 9.13 Å². The summed E-state index contributed by atoms with van der Waals surface area (Å²) in [5, 5.41) is 0. The molecule has 2 heteroatoms. The number of rotatable bonds is 0. The largest absolute Gasteiger partial charge is 0.253 e. The molecule has 2 aromatic rings. The van der Waals surface area contributed by atoms with Crippen molar-refractivity contribution in [1.29, 1.82) is 0 Å². The molecule has 130 valence electrons. The molecule has 0 saturated carbocycles. The highest BCUT2D eigenvalue weighted by atomic mass is 15.2. The fourth-order valence-corrected chi connectivity index (χ4v) is 4.87. The Labute approximate surface area is 147 Å². The zero-order valence-corrected chi connectivity index (χ0v) is 17.4. The number of fused-ring (bicyclic) bond motifs is 3. The molecule has 0 spiro atoms. The topological polar surface area (TPSA) is 8.81 Å². The molecule has 3 rings (SSSR count). The minimum Gasteiger partial charge on any atom is -0.233 e. The highest BCUT2D eigenvalue weighted by molar-refractivity contribution is 5.78. The van der Waals surface area contributed by atoms with Crippen LogP contribution in [0.4, 0.5) is 0 Å². The van der Waals surface area contributed by atoms with E-state index in [1.165, 1.54) is 45.0 Å². The van der Waals surface area contributed by atoms with Gasteiger partial charge in [0.25, 0.3) is 5.82 Å². The molecule has 0 fully saturated rings. The summed E-state index contributed by atoms with van der Waals surface area (Å²) in [5.74, 6) is 1.31. The van der Waals surface area contributed by atoms with Gasteiger partial charge in [0.1, 0.15) is 0 Å². The van der Waals surface area contributed by atoms with Crippen LogP contribution in [-0.2, 0) is 24.9 Å². The third-order valence-corrected chi connectivity index (χ3v) is 7.57. The second-order valence-corrected chi connectivity index (χ2v) is 8.86. The van der Waals surface area contributed by atoms with Crippen molar-refractivity contribution in [3.63, 3.8) is 0 Å². The molecule has 24 heavy (non-hydrogen) atoms. The molecule has 0 aliphatic heterocycles. The molecule has 1 aliphatic rings. The van der Waals surface area contributed by atoms with Crippen LogP contribution in [0.2, 0.25) is 0 Å². The summed E-state index contributed by atoms with van der Waals surface area (Å²) < 4.78 is 4.80. The zero-order valence-electron chi connectivity index (χ0n) is 17.4. The van der Waals surface area contributed by atoms with Crippen LogP contribution in [0.25, 0.3) is 11.3 Å². The van der Waals surface area contributed by atoms with E-state index in [-0.39, 0.29) is 10.8 Å². The number of aromatic nitrogens is 2. The molecule has 0 atom stereocenters. The van der Waals surface area contributed by atoms with Crippen LogP contribution >= 0.6 is 0 Å². The van der Waals surface area contributed by atoms with Crippen molar-refractivity contribution in [2.75, 3.05) is 0 Å². The first-order chi connectivity index (χ1) is 10.9. The van der Waals surface area contributed by atoms with Gasteiger partial charge in [-0.1, -0.05) is 27.7 Å². The lowest BCUT2D eigenvalue weighted by molar-refractivity contribution is -0.666. The predicted octanol–water partition coefficient (Wildman–Crippen LogP) is 4.63. The molecule has 0 bridgehead atoms. The number of hydrogen-bond donors (Lipinski definition) is 0. The lowest BCUT2D eigenvalue weighted by Gasteiger charge is -2.46. The third kappa shape index (κ3) is 1.70. The number of benzene rings is 1. The van der Waals surface area contributed by atoms with Crippen molar-refractivity contribution in [3.8, 4) is 11.3 Å². The number of hydrogen-bond acceptors (Lipinski definition) is 0. The van der Waals surface area contributed by atoms with E-state index in [2.05, 4.69) is 85.5 Å². The van der Waals surface area contributed by atoms with Gasteiger partial charge in [-0.15, -0.1) is 0 Å². The molecule has 0 radical (unpaired) electrons. The molecule has 1 aromatic carbocycles. The zero-order chi connectivity index (χ0) is 18.4. The van der Waals surface area contributed by atoms with Gasteiger partial charge in [-0.2, -0.15) is 0 Å². The Hall–Kier alpha value is -1.57. The molecule has 0 unspecified atom stereocenters. The van der Waals surface area contributed by atoms with Crippen LogP contribution in [0.3, 0.4) is 0 Å². The maximum Gasteiger partial charge on any atom is 0.253 e. The second-order valence-electron chi connectivity index (χ2n) is 8.86. The second kappa shape index (κ2) is 4.74. The lowest BCUT2D eigenvalue weighted by atomic mass is 9.56. The first-order valence-electron chi connectivity index (χ1n) is 9.04. The van der Waals surface area contributed by atoms with Crippen LogP contribution in [0, 0.1) is 34.6 Å². The summed E-state index contributed by atoms with van der Waals surface area (Å²) in [7, 11) is 4.44. The highest BCUT2D eigenvalue weighted by Crippen LogP contribution is 2.55. The summed E-state index contributed by atoms with van der Waals surface area (Å²) in [5.41, 5.74) is 11.8. The Balaban J connectivity index is 2.66. The van der Waals surface area contributed by atoms with Crippen LogP contribution in [0.1, 0.15) is 67.0 Å². The van der Waals surface area contributed by atoms with Gasteiger partial charge in [-0.3, -0.25) is 0 Å². The summed E-state index contributed by atoms with van der Waals surface area (Å²) in [6.45, 7) is 21.1. The maximum absolute atomic E-state index is 2.43. The molecule has 0 amide bonds. The summed E-state index contributed by atoms with van der Waals surface area (Å²) in [6.07, 6.45) is 0. The molecule has 1 aromatic heterocycles. The van der Waals surface area contributed by atoms with Gasteiger partial charge in [0.15, 0.2) is 11.4 Å². The average Bonchev–Trinajstić information content (AvgIpc) is 2.72. The van der Waals surface area contributed by atoms with Crippen molar-refractivity contribution in [1.82, 2.24) is 4.57 Å². The highest BCUT2D eigenvalue weighted by Gasteiger charge is 2.53. The van der Waals surface area contributed by atoms with Crippen molar-refractivity contribution >= 4 is 0 Å². The predicted molar refractivity (Wildman–Crippen MR) is 102 cm³/mol. The monoisotopic (exact) mass is 325 g/mol. The Morgan fingerprint density at radius 2 is 1.25 bits per heavy atom. The van der Waals surface area contributed by atoms with Crippen molar-refractivity contribution in [3.05, 3.63) is 39.3 Å². The smallest absolute Gasteiger partial charge is 0.233 e. The fraction of sp³-hybridized carbons (Fsp3) is 0.591. The van der Waals surface area contributed by atoms with Gasteiger partial charge in [-0.05, 0) is 55.5 Å². The minimum absolute atomic E-state index is 0.0645. The van der Waals surface area contributed by atoms with E-state index in [1.807, 2.05) is 0 Å². The molecular formula is C22H33N2+. The molecule has 0 saturated heterocycles. The summed E-state index contributed by atoms with van der Waals surface area (Å²) in [6, 6.07) is 0. The van der Waals surface area contributed by atoms with Crippen molar-refractivity contribution in [2.45, 2.75) is 73.1 Å². The first kappa shape index (κ1) is 17.3. The van der Waals surface area contributed by atoms with E-state index in [1.54, 1.807) is 5.56 Å².